The van der Waals surface area contributed by atoms with Crippen molar-refractivity contribution in [3.63, 3.8) is 0 Å². The van der Waals surface area contributed by atoms with Crippen molar-refractivity contribution in [3.8, 4) is 16.9 Å². The number of pyridine rings is 1. The number of halogens is 2. The summed E-state index contributed by atoms with van der Waals surface area (Å²) in [5, 5.41) is 1.57. The van der Waals surface area contributed by atoms with Gasteiger partial charge in [-0.1, -0.05) is 70.0 Å². The molecule has 0 amide bonds. The molecule has 3 aromatic carbocycles. The molecule has 0 radical (unpaired) electrons. The first-order valence-corrected chi connectivity index (χ1v) is 9.39. The van der Waals surface area contributed by atoms with E-state index in [2.05, 4.69) is 20.9 Å². The van der Waals surface area contributed by atoms with E-state index in [1.165, 1.54) is 0 Å². The van der Waals surface area contributed by atoms with Crippen molar-refractivity contribution in [2.75, 3.05) is 0 Å². The molecule has 4 heteroatoms. The Morgan fingerprint density at radius 2 is 1.69 bits per heavy atom. The van der Waals surface area contributed by atoms with Crippen LogP contribution >= 0.6 is 27.5 Å². The second-order valence-corrected chi connectivity index (χ2v) is 7.24. The Morgan fingerprint density at radius 1 is 0.923 bits per heavy atom. The van der Waals surface area contributed by atoms with Crippen molar-refractivity contribution in [3.05, 3.63) is 94.1 Å². The third-order valence-corrected chi connectivity index (χ3v) is 5.11. The zero-order valence-corrected chi connectivity index (χ0v) is 16.2. The van der Waals surface area contributed by atoms with Gasteiger partial charge < -0.3 is 4.74 Å². The van der Waals surface area contributed by atoms with Crippen molar-refractivity contribution >= 4 is 38.4 Å². The van der Waals surface area contributed by atoms with Gasteiger partial charge in [-0.15, -0.1) is 0 Å². The van der Waals surface area contributed by atoms with E-state index >= 15 is 0 Å². The monoisotopic (exact) mass is 423 g/mol. The summed E-state index contributed by atoms with van der Waals surface area (Å²) in [5.41, 5.74) is 3.92. The maximum atomic E-state index is 6.70. The van der Waals surface area contributed by atoms with E-state index < -0.39 is 0 Å². The van der Waals surface area contributed by atoms with Crippen LogP contribution in [0.4, 0.5) is 0 Å². The molecule has 4 aromatic rings. The minimum atomic E-state index is 0.518. The van der Waals surface area contributed by atoms with E-state index in [4.69, 9.17) is 16.3 Å². The van der Waals surface area contributed by atoms with E-state index in [0.29, 0.717) is 11.6 Å². The molecule has 0 bridgehead atoms. The zero-order chi connectivity index (χ0) is 17.9. The maximum absolute atomic E-state index is 6.70. The summed E-state index contributed by atoms with van der Waals surface area (Å²) in [5.74, 6) is 0.776. The predicted octanol–water partition coefficient (Wildman–Crippen LogP) is 6.90. The number of hydrogen-bond donors (Lipinski definition) is 0. The number of fused-ring (bicyclic) bond motifs is 1. The molecule has 0 spiro atoms. The molecular formula is C22H15BrClNO. The van der Waals surface area contributed by atoms with Crippen LogP contribution in [0.15, 0.2) is 83.5 Å². The molecule has 0 aliphatic carbocycles. The van der Waals surface area contributed by atoms with E-state index in [-0.39, 0.29) is 0 Å². The summed E-state index contributed by atoms with van der Waals surface area (Å²) < 4.78 is 6.95. The lowest BCUT2D eigenvalue weighted by Gasteiger charge is -2.10. The molecule has 0 aliphatic rings. The highest BCUT2D eigenvalue weighted by Gasteiger charge is 2.10. The summed E-state index contributed by atoms with van der Waals surface area (Å²) in [6.07, 6.45) is 1.82. The molecule has 26 heavy (non-hydrogen) atoms. The molecular weight excluding hydrogens is 410 g/mol. The lowest BCUT2D eigenvalue weighted by molar-refractivity contribution is 0.306. The van der Waals surface area contributed by atoms with E-state index in [9.17, 15) is 0 Å². The summed E-state index contributed by atoms with van der Waals surface area (Å²) in [6, 6.07) is 23.9. The van der Waals surface area contributed by atoms with Crippen LogP contribution in [-0.2, 0) is 6.61 Å². The summed E-state index contributed by atoms with van der Waals surface area (Å²) >= 11 is 10.2. The molecule has 0 aliphatic heterocycles. The van der Waals surface area contributed by atoms with Crippen molar-refractivity contribution in [2.24, 2.45) is 0 Å². The van der Waals surface area contributed by atoms with Gasteiger partial charge in [0.05, 0.1) is 10.5 Å². The first kappa shape index (κ1) is 17.1. The summed E-state index contributed by atoms with van der Waals surface area (Å²) in [4.78, 5) is 4.55. The number of aromatic nitrogens is 1. The average molecular weight is 425 g/mol. The first-order chi connectivity index (χ1) is 12.7. The number of rotatable bonds is 4. The van der Waals surface area contributed by atoms with Gasteiger partial charge in [0.1, 0.15) is 12.4 Å². The average Bonchev–Trinajstić information content (AvgIpc) is 2.69. The quantitative estimate of drug-likeness (QED) is 0.355. The maximum Gasteiger partial charge on any atom is 0.120 e. The van der Waals surface area contributed by atoms with Crippen LogP contribution in [0, 0.1) is 0 Å². The smallest absolute Gasteiger partial charge is 0.120 e. The largest absolute Gasteiger partial charge is 0.489 e. The van der Waals surface area contributed by atoms with Gasteiger partial charge in [-0.2, -0.15) is 0 Å². The van der Waals surface area contributed by atoms with Crippen LogP contribution in [0.3, 0.4) is 0 Å². The van der Waals surface area contributed by atoms with Crippen LogP contribution in [0.2, 0.25) is 5.02 Å². The second kappa shape index (κ2) is 7.48. The van der Waals surface area contributed by atoms with Crippen LogP contribution < -0.4 is 4.74 Å². The fourth-order valence-corrected chi connectivity index (χ4v) is 3.37. The lowest BCUT2D eigenvalue weighted by atomic mass is 10.1. The predicted molar refractivity (Wildman–Crippen MR) is 111 cm³/mol. The van der Waals surface area contributed by atoms with Crippen LogP contribution in [0.5, 0.6) is 5.75 Å². The third-order valence-electron chi connectivity index (χ3n) is 4.18. The van der Waals surface area contributed by atoms with Crippen LogP contribution in [-0.4, -0.2) is 4.98 Å². The molecule has 0 N–H and O–H groups in total. The molecule has 0 saturated heterocycles. The van der Waals surface area contributed by atoms with E-state index in [1.54, 1.807) is 0 Å². The molecule has 1 heterocycles. The van der Waals surface area contributed by atoms with Crippen molar-refractivity contribution in [1.82, 2.24) is 4.98 Å². The lowest BCUT2D eigenvalue weighted by Crippen LogP contribution is -1.95. The fraction of sp³-hybridized carbons (Fsp3) is 0.0455. The molecule has 4 rings (SSSR count). The number of ether oxygens (including phenoxy) is 1. The molecule has 0 fully saturated rings. The van der Waals surface area contributed by atoms with Crippen LogP contribution in [0.25, 0.3) is 22.0 Å². The Labute approximate surface area is 165 Å². The van der Waals surface area contributed by atoms with Gasteiger partial charge in [-0.05, 0) is 41.5 Å². The number of benzene rings is 3. The van der Waals surface area contributed by atoms with Crippen molar-refractivity contribution < 1.29 is 4.74 Å². The SMILES string of the molecule is Clc1c(-c2ccc(Br)cc2)cnc2ccc(OCc3ccccc3)cc12. The number of hydrogen-bond acceptors (Lipinski definition) is 2. The van der Waals surface area contributed by atoms with Crippen molar-refractivity contribution in [1.29, 1.82) is 0 Å². The molecule has 1 aromatic heterocycles. The zero-order valence-electron chi connectivity index (χ0n) is 13.8. The van der Waals surface area contributed by atoms with Gasteiger partial charge in [-0.25, -0.2) is 0 Å². The molecule has 128 valence electrons. The van der Waals surface area contributed by atoms with Gasteiger partial charge in [-0.3, -0.25) is 4.98 Å². The first-order valence-electron chi connectivity index (χ1n) is 8.21. The second-order valence-electron chi connectivity index (χ2n) is 5.95. The van der Waals surface area contributed by atoms with E-state index in [0.717, 1.165) is 37.8 Å². The molecule has 2 nitrogen and oxygen atoms in total. The van der Waals surface area contributed by atoms with Gasteiger partial charge >= 0.3 is 0 Å². The molecule has 0 saturated carbocycles. The minimum Gasteiger partial charge on any atom is -0.489 e. The Balaban J connectivity index is 1.67. The summed E-state index contributed by atoms with van der Waals surface area (Å²) in [7, 11) is 0. The van der Waals surface area contributed by atoms with Gasteiger partial charge in [0.25, 0.3) is 0 Å². The Hall–Kier alpha value is -2.36. The standard InChI is InChI=1S/C22H15BrClNO/c23-17-8-6-16(7-9-17)20-13-25-21-11-10-18(12-19(21)22(20)24)26-14-15-4-2-1-3-5-15/h1-13H,14H2. The highest BCUT2D eigenvalue weighted by atomic mass is 79.9. The fourth-order valence-electron chi connectivity index (χ4n) is 2.80. The Morgan fingerprint density at radius 3 is 2.46 bits per heavy atom. The van der Waals surface area contributed by atoms with Gasteiger partial charge in [0, 0.05) is 21.6 Å². The topological polar surface area (TPSA) is 22.1 Å². The van der Waals surface area contributed by atoms with Crippen LogP contribution in [0.1, 0.15) is 5.56 Å². The minimum absolute atomic E-state index is 0.518. The molecule has 0 unspecified atom stereocenters. The number of nitrogens with zero attached hydrogens (tertiary/aromatic N) is 1. The Kier molecular flexibility index (Phi) is 4.91. The van der Waals surface area contributed by atoms with Gasteiger partial charge in [0.15, 0.2) is 0 Å². The van der Waals surface area contributed by atoms with Crippen molar-refractivity contribution in [2.45, 2.75) is 6.61 Å². The molecule has 0 atom stereocenters. The normalized spacial score (nSPS) is 10.8. The highest BCUT2D eigenvalue weighted by molar-refractivity contribution is 9.10. The summed E-state index contributed by atoms with van der Waals surface area (Å²) in [6.45, 7) is 0.518. The van der Waals surface area contributed by atoms with Gasteiger partial charge in [0.2, 0.25) is 0 Å². The van der Waals surface area contributed by atoms with E-state index in [1.807, 2.05) is 79.0 Å². The highest BCUT2D eigenvalue weighted by Crippen LogP contribution is 2.35. The third kappa shape index (κ3) is 3.59. The Bertz CT molecular complexity index is 1050.